The van der Waals surface area contributed by atoms with Crippen LogP contribution in [0, 0.1) is 5.92 Å². The normalized spacial score (nSPS) is 16.2. The summed E-state index contributed by atoms with van der Waals surface area (Å²) in [5.74, 6) is 0.799. The van der Waals surface area contributed by atoms with Gasteiger partial charge in [0.15, 0.2) is 11.0 Å². The van der Waals surface area contributed by atoms with E-state index in [-0.39, 0.29) is 0 Å². The lowest BCUT2D eigenvalue weighted by molar-refractivity contribution is 0.315. The lowest BCUT2D eigenvalue weighted by Gasteiger charge is -2.25. The first-order chi connectivity index (χ1) is 7.84. The summed E-state index contributed by atoms with van der Waals surface area (Å²) in [6.45, 7) is 0.992. The summed E-state index contributed by atoms with van der Waals surface area (Å²) in [7, 11) is 0. The van der Waals surface area contributed by atoms with Crippen LogP contribution in [0.4, 0.5) is 11.4 Å². The Labute approximate surface area is 93.0 Å². The number of hydrogen-bond donors (Lipinski definition) is 2. The molecule has 0 atom stereocenters. The van der Waals surface area contributed by atoms with Gasteiger partial charge in [-0.2, -0.15) is 0 Å². The summed E-state index contributed by atoms with van der Waals surface area (Å²) in [6, 6.07) is 3.76. The van der Waals surface area contributed by atoms with Crippen LogP contribution in [-0.4, -0.2) is 16.9 Å². The van der Waals surface area contributed by atoms with Gasteiger partial charge in [-0.1, -0.05) is 6.42 Å². The van der Waals surface area contributed by atoms with Gasteiger partial charge in [0.2, 0.25) is 0 Å². The molecule has 5 heteroatoms. The van der Waals surface area contributed by atoms with Crippen LogP contribution >= 0.6 is 0 Å². The molecule has 1 heterocycles. The molecule has 0 saturated heterocycles. The average Bonchev–Trinajstić information content (AvgIpc) is 2.68. The quantitative estimate of drug-likeness (QED) is 0.771. The van der Waals surface area contributed by atoms with Crippen molar-refractivity contribution in [2.24, 2.45) is 5.92 Å². The van der Waals surface area contributed by atoms with Crippen molar-refractivity contribution in [3.8, 4) is 0 Å². The summed E-state index contributed by atoms with van der Waals surface area (Å²) in [4.78, 5) is 0. The van der Waals surface area contributed by atoms with E-state index in [4.69, 9.17) is 10.4 Å². The van der Waals surface area contributed by atoms with Crippen molar-refractivity contribution in [3.63, 3.8) is 0 Å². The van der Waals surface area contributed by atoms with E-state index in [0.717, 1.165) is 23.7 Å². The Bertz CT molecular complexity index is 504. The third kappa shape index (κ3) is 1.48. The number of nitrogens with one attached hydrogen (secondary N) is 1. The van der Waals surface area contributed by atoms with Gasteiger partial charge >= 0.3 is 0 Å². The number of nitrogen functional groups attached to an aromatic ring is 1. The predicted molar refractivity (Wildman–Crippen MR) is 62.0 cm³/mol. The maximum Gasteiger partial charge on any atom is 0.160 e. The zero-order valence-electron chi connectivity index (χ0n) is 8.94. The Morgan fingerprint density at radius 2 is 2.12 bits per heavy atom. The third-order valence-corrected chi connectivity index (χ3v) is 3.25. The molecule has 84 valence electrons. The van der Waals surface area contributed by atoms with Crippen molar-refractivity contribution in [1.29, 1.82) is 0 Å². The average molecular weight is 218 g/mol. The fraction of sp³-hybridized carbons (Fsp3) is 0.455. The molecule has 1 aliphatic rings. The van der Waals surface area contributed by atoms with Gasteiger partial charge in [-0.3, -0.25) is 0 Å². The highest BCUT2D eigenvalue weighted by Crippen LogP contribution is 2.29. The molecule has 0 bridgehead atoms. The lowest BCUT2D eigenvalue weighted by atomic mass is 9.85. The second-order valence-corrected chi connectivity index (χ2v) is 4.34. The molecule has 1 aromatic heterocycles. The highest BCUT2D eigenvalue weighted by Gasteiger charge is 2.18. The van der Waals surface area contributed by atoms with Crippen LogP contribution in [0.25, 0.3) is 11.0 Å². The first-order valence-electron chi connectivity index (χ1n) is 5.59. The molecule has 1 aromatic carbocycles. The maximum atomic E-state index is 5.77. The summed E-state index contributed by atoms with van der Waals surface area (Å²) < 4.78 is 4.71. The minimum Gasteiger partial charge on any atom is -0.397 e. The first-order valence-corrected chi connectivity index (χ1v) is 5.59. The number of anilines is 2. The van der Waals surface area contributed by atoms with Crippen LogP contribution in [0.1, 0.15) is 19.3 Å². The van der Waals surface area contributed by atoms with E-state index in [1.807, 2.05) is 12.1 Å². The molecular formula is C11H14N4O. The van der Waals surface area contributed by atoms with Crippen molar-refractivity contribution >= 4 is 22.4 Å². The molecule has 0 unspecified atom stereocenters. The minimum absolute atomic E-state index is 0.602. The van der Waals surface area contributed by atoms with Crippen LogP contribution in [0.3, 0.4) is 0 Å². The second-order valence-electron chi connectivity index (χ2n) is 4.34. The largest absolute Gasteiger partial charge is 0.397 e. The lowest BCUT2D eigenvalue weighted by Crippen LogP contribution is -2.20. The van der Waals surface area contributed by atoms with Gasteiger partial charge in [-0.05, 0) is 41.2 Å². The van der Waals surface area contributed by atoms with Crippen molar-refractivity contribution in [2.45, 2.75) is 19.3 Å². The Morgan fingerprint density at radius 3 is 2.88 bits per heavy atom. The number of aromatic nitrogens is 2. The van der Waals surface area contributed by atoms with Crippen molar-refractivity contribution < 1.29 is 4.63 Å². The smallest absolute Gasteiger partial charge is 0.160 e. The number of fused-ring (bicyclic) bond motifs is 1. The van der Waals surface area contributed by atoms with Gasteiger partial charge in [0.1, 0.15) is 0 Å². The summed E-state index contributed by atoms with van der Waals surface area (Å²) in [6.07, 6.45) is 4.00. The van der Waals surface area contributed by atoms with E-state index in [1.54, 1.807) is 0 Å². The topological polar surface area (TPSA) is 77.0 Å². The van der Waals surface area contributed by atoms with Crippen molar-refractivity contribution in [3.05, 3.63) is 12.1 Å². The molecule has 3 N–H and O–H groups in total. The zero-order valence-corrected chi connectivity index (χ0v) is 8.94. The predicted octanol–water partition coefficient (Wildman–Crippen LogP) is 2.02. The van der Waals surface area contributed by atoms with E-state index < -0.39 is 0 Å². The van der Waals surface area contributed by atoms with Crippen LogP contribution in [-0.2, 0) is 0 Å². The molecule has 0 aliphatic heterocycles. The molecule has 0 amide bonds. The van der Waals surface area contributed by atoms with Crippen LogP contribution in [0.5, 0.6) is 0 Å². The molecule has 1 saturated carbocycles. The second kappa shape index (κ2) is 3.66. The highest BCUT2D eigenvalue weighted by molar-refractivity contribution is 5.94. The van der Waals surface area contributed by atoms with Crippen LogP contribution < -0.4 is 11.1 Å². The SMILES string of the molecule is Nc1ccc(NCC2CCC2)c2nonc12. The Hall–Kier alpha value is -1.78. The molecule has 16 heavy (non-hydrogen) atoms. The first kappa shape index (κ1) is 9.45. The third-order valence-electron chi connectivity index (χ3n) is 3.25. The molecular weight excluding hydrogens is 204 g/mol. The van der Waals surface area contributed by atoms with Gasteiger partial charge < -0.3 is 11.1 Å². The Balaban J connectivity index is 1.85. The fourth-order valence-electron chi connectivity index (χ4n) is 1.98. The number of nitrogens with two attached hydrogens (primary N) is 1. The van der Waals surface area contributed by atoms with E-state index in [0.29, 0.717) is 11.2 Å². The molecule has 1 fully saturated rings. The van der Waals surface area contributed by atoms with Gasteiger partial charge in [0.25, 0.3) is 0 Å². The summed E-state index contributed by atoms with van der Waals surface area (Å²) >= 11 is 0. The van der Waals surface area contributed by atoms with E-state index in [2.05, 4.69) is 15.6 Å². The van der Waals surface area contributed by atoms with Gasteiger partial charge in [0, 0.05) is 6.54 Å². The Kier molecular flexibility index (Phi) is 2.16. The molecule has 2 aromatic rings. The standard InChI is InChI=1S/C11H14N4O/c12-8-4-5-9(11-10(8)14-16-15-11)13-6-7-2-1-3-7/h4-5,7,13H,1-3,6,12H2. The van der Waals surface area contributed by atoms with E-state index in [1.165, 1.54) is 19.3 Å². The fourth-order valence-corrected chi connectivity index (χ4v) is 1.98. The zero-order chi connectivity index (χ0) is 11.0. The van der Waals surface area contributed by atoms with E-state index >= 15 is 0 Å². The van der Waals surface area contributed by atoms with Gasteiger partial charge in [-0.25, -0.2) is 4.63 Å². The summed E-state index contributed by atoms with van der Waals surface area (Å²) in [5.41, 5.74) is 8.69. The minimum atomic E-state index is 0.602. The van der Waals surface area contributed by atoms with E-state index in [9.17, 15) is 0 Å². The van der Waals surface area contributed by atoms with Crippen molar-refractivity contribution in [2.75, 3.05) is 17.6 Å². The number of rotatable bonds is 3. The number of hydrogen-bond acceptors (Lipinski definition) is 5. The summed E-state index contributed by atoms with van der Waals surface area (Å²) in [5, 5.41) is 11.0. The molecule has 1 aliphatic carbocycles. The van der Waals surface area contributed by atoms with Crippen LogP contribution in [0.2, 0.25) is 0 Å². The molecule has 0 radical (unpaired) electrons. The number of nitrogens with zero attached hydrogens (tertiary/aromatic N) is 2. The molecule has 3 rings (SSSR count). The monoisotopic (exact) mass is 218 g/mol. The number of benzene rings is 1. The van der Waals surface area contributed by atoms with Gasteiger partial charge in [-0.15, -0.1) is 0 Å². The maximum absolute atomic E-state index is 5.77. The van der Waals surface area contributed by atoms with Crippen LogP contribution in [0.15, 0.2) is 16.8 Å². The van der Waals surface area contributed by atoms with Gasteiger partial charge in [0.05, 0.1) is 11.4 Å². The molecule has 5 nitrogen and oxygen atoms in total. The van der Waals surface area contributed by atoms with Crippen molar-refractivity contribution in [1.82, 2.24) is 10.3 Å². The Morgan fingerprint density at radius 1 is 1.31 bits per heavy atom. The highest BCUT2D eigenvalue weighted by atomic mass is 16.6. The molecule has 0 spiro atoms.